The second kappa shape index (κ2) is 7.31. The van der Waals surface area contributed by atoms with E-state index in [2.05, 4.69) is 47.5 Å². The molecule has 0 saturated heterocycles. The molecule has 20 heavy (non-hydrogen) atoms. The summed E-state index contributed by atoms with van der Waals surface area (Å²) in [7, 11) is 1.67. The maximum Gasteiger partial charge on any atom is 0.154 e. The zero-order chi connectivity index (χ0) is 14.4. The third kappa shape index (κ3) is 3.99. The molecule has 0 spiro atoms. The molecule has 1 atom stereocenters. The summed E-state index contributed by atoms with van der Waals surface area (Å²) >= 11 is 1.57. The van der Waals surface area contributed by atoms with Gasteiger partial charge in [0.05, 0.1) is 12.6 Å². The van der Waals surface area contributed by atoms with Gasteiger partial charge in [-0.25, -0.2) is 0 Å². The number of nitrogens with zero attached hydrogens (tertiary/aromatic N) is 1. The molecule has 2 aromatic carbocycles. The molecule has 0 amide bonds. The van der Waals surface area contributed by atoms with Crippen molar-refractivity contribution in [1.29, 1.82) is 0 Å². The maximum absolute atomic E-state index is 5.95. The highest BCUT2D eigenvalue weighted by atomic mass is 32.2. The number of nitrogens with two attached hydrogens (primary N) is 1. The third-order valence-corrected chi connectivity index (χ3v) is 3.87. The molecule has 2 rings (SSSR count). The lowest BCUT2D eigenvalue weighted by molar-refractivity contribution is 0.186. The fourth-order valence-corrected chi connectivity index (χ4v) is 2.91. The van der Waals surface area contributed by atoms with E-state index in [1.807, 2.05) is 6.92 Å². The predicted molar refractivity (Wildman–Crippen MR) is 88.2 cm³/mol. The van der Waals surface area contributed by atoms with E-state index < -0.39 is 0 Å². The van der Waals surface area contributed by atoms with Crippen molar-refractivity contribution in [1.82, 2.24) is 0 Å². The summed E-state index contributed by atoms with van der Waals surface area (Å²) in [4.78, 5) is 4.39. The first kappa shape index (κ1) is 14.9. The quantitative estimate of drug-likeness (QED) is 0.677. The number of methoxy groups -OCH3 is 1. The van der Waals surface area contributed by atoms with E-state index in [0.29, 0.717) is 11.8 Å². The highest BCUT2D eigenvalue weighted by Gasteiger charge is 2.04. The first-order chi connectivity index (χ1) is 9.70. The van der Waals surface area contributed by atoms with Crippen LogP contribution in [0.25, 0.3) is 10.8 Å². The fourth-order valence-electron chi connectivity index (χ4n) is 2.10. The first-order valence-corrected chi connectivity index (χ1v) is 7.61. The highest BCUT2D eigenvalue weighted by molar-refractivity contribution is 8.13. The van der Waals surface area contributed by atoms with Gasteiger partial charge in [-0.1, -0.05) is 54.2 Å². The lowest BCUT2D eigenvalue weighted by atomic mass is 10.1. The van der Waals surface area contributed by atoms with E-state index in [4.69, 9.17) is 10.5 Å². The van der Waals surface area contributed by atoms with Crippen molar-refractivity contribution in [2.45, 2.75) is 18.7 Å². The lowest BCUT2D eigenvalue weighted by Gasteiger charge is -2.08. The Labute approximate surface area is 124 Å². The summed E-state index contributed by atoms with van der Waals surface area (Å²) < 4.78 is 5.05. The van der Waals surface area contributed by atoms with Crippen molar-refractivity contribution in [3.8, 4) is 0 Å². The van der Waals surface area contributed by atoms with Crippen molar-refractivity contribution >= 4 is 27.7 Å². The molecular weight excluding hydrogens is 268 g/mol. The van der Waals surface area contributed by atoms with Gasteiger partial charge < -0.3 is 10.5 Å². The molecule has 0 aliphatic heterocycles. The molecule has 0 saturated carbocycles. The van der Waals surface area contributed by atoms with Crippen LogP contribution >= 0.6 is 11.8 Å². The average Bonchev–Trinajstić information content (AvgIpc) is 2.45. The van der Waals surface area contributed by atoms with E-state index in [0.717, 1.165) is 5.75 Å². The summed E-state index contributed by atoms with van der Waals surface area (Å²) in [5.41, 5.74) is 7.24. The van der Waals surface area contributed by atoms with Crippen molar-refractivity contribution in [2.75, 3.05) is 13.7 Å². The lowest BCUT2D eigenvalue weighted by Crippen LogP contribution is -2.15. The maximum atomic E-state index is 5.95. The number of hydrogen-bond donors (Lipinski definition) is 1. The Hall–Kier alpha value is -1.52. The molecule has 0 aliphatic carbocycles. The van der Waals surface area contributed by atoms with Gasteiger partial charge in [0.25, 0.3) is 0 Å². The van der Waals surface area contributed by atoms with Crippen LogP contribution in [0.3, 0.4) is 0 Å². The molecule has 0 unspecified atom stereocenters. The summed E-state index contributed by atoms with van der Waals surface area (Å²) in [5.74, 6) is 0.830. The molecule has 4 heteroatoms. The van der Waals surface area contributed by atoms with Gasteiger partial charge in [-0.15, -0.1) is 0 Å². The Balaban J connectivity index is 2.06. The zero-order valence-electron chi connectivity index (χ0n) is 11.9. The smallest absolute Gasteiger partial charge is 0.154 e. The monoisotopic (exact) mass is 288 g/mol. The summed E-state index contributed by atoms with van der Waals surface area (Å²) in [5, 5.41) is 3.15. The van der Waals surface area contributed by atoms with Crippen LogP contribution < -0.4 is 5.73 Å². The van der Waals surface area contributed by atoms with Gasteiger partial charge in [-0.2, -0.15) is 0 Å². The van der Waals surface area contributed by atoms with Crippen LogP contribution in [-0.2, 0) is 10.5 Å². The van der Waals surface area contributed by atoms with Crippen LogP contribution in [0.5, 0.6) is 0 Å². The number of amidine groups is 1. The Morgan fingerprint density at radius 3 is 2.80 bits per heavy atom. The number of fused-ring (bicyclic) bond motifs is 1. The summed E-state index contributed by atoms with van der Waals surface area (Å²) in [6, 6.07) is 14.8. The highest BCUT2D eigenvalue weighted by Crippen LogP contribution is 2.22. The number of thioether (sulfide) groups is 1. The molecule has 0 fully saturated rings. The van der Waals surface area contributed by atoms with E-state index >= 15 is 0 Å². The van der Waals surface area contributed by atoms with Gasteiger partial charge in [0, 0.05) is 12.9 Å². The number of aliphatic imine (C=N–C) groups is 1. The summed E-state index contributed by atoms with van der Waals surface area (Å²) in [6.45, 7) is 2.59. The Morgan fingerprint density at radius 2 is 2.00 bits per heavy atom. The van der Waals surface area contributed by atoms with E-state index in [-0.39, 0.29) is 6.04 Å². The van der Waals surface area contributed by atoms with E-state index in [9.17, 15) is 0 Å². The van der Waals surface area contributed by atoms with E-state index in [1.54, 1.807) is 18.9 Å². The van der Waals surface area contributed by atoms with Crippen LogP contribution in [0, 0.1) is 0 Å². The second-order valence-corrected chi connectivity index (χ2v) is 5.69. The molecule has 0 radical (unpaired) electrons. The second-order valence-electron chi connectivity index (χ2n) is 4.70. The minimum absolute atomic E-state index is 0.0972. The van der Waals surface area contributed by atoms with Crippen LogP contribution in [0.2, 0.25) is 0 Å². The van der Waals surface area contributed by atoms with Crippen molar-refractivity contribution in [3.05, 3.63) is 48.0 Å². The summed E-state index contributed by atoms with van der Waals surface area (Å²) in [6.07, 6.45) is 0. The molecular formula is C16H20N2OS. The Morgan fingerprint density at radius 1 is 1.25 bits per heavy atom. The molecule has 106 valence electrons. The molecule has 0 aliphatic rings. The molecule has 3 nitrogen and oxygen atoms in total. The van der Waals surface area contributed by atoms with Gasteiger partial charge in [0.2, 0.25) is 0 Å². The number of ether oxygens (including phenoxy) is 1. The number of rotatable bonds is 5. The van der Waals surface area contributed by atoms with Crippen LogP contribution in [0.15, 0.2) is 47.5 Å². The largest absolute Gasteiger partial charge is 0.382 e. The minimum atomic E-state index is 0.0972. The normalized spacial score (nSPS) is 13.6. The number of benzene rings is 2. The van der Waals surface area contributed by atoms with Crippen molar-refractivity contribution in [3.63, 3.8) is 0 Å². The van der Waals surface area contributed by atoms with Gasteiger partial charge in [0.15, 0.2) is 5.17 Å². The molecule has 2 aromatic rings. The van der Waals surface area contributed by atoms with Crippen LogP contribution in [0.4, 0.5) is 0 Å². The van der Waals surface area contributed by atoms with Gasteiger partial charge in [-0.05, 0) is 23.3 Å². The Bertz CT molecular complexity index is 593. The van der Waals surface area contributed by atoms with E-state index in [1.165, 1.54) is 16.3 Å². The molecule has 0 aromatic heterocycles. The number of hydrogen-bond acceptors (Lipinski definition) is 3. The topological polar surface area (TPSA) is 47.6 Å². The molecule has 0 bridgehead atoms. The van der Waals surface area contributed by atoms with Gasteiger partial charge in [0.1, 0.15) is 0 Å². The van der Waals surface area contributed by atoms with Gasteiger partial charge >= 0.3 is 0 Å². The molecule has 0 heterocycles. The van der Waals surface area contributed by atoms with Crippen molar-refractivity contribution < 1.29 is 4.74 Å². The zero-order valence-corrected chi connectivity index (χ0v) is 12.7. The van der Waals surface area contributed by atoms with Gasteiger partial charge in [-0.3, -0.25) is 4.99 Å². The average molecular weight is 288 g/mol. The third-order valence-electron chi connectivity index (χ3n) is 3.01. The minimum Gasteiger partial charge on any atom is -0.382 e. The molecule has 2 N–H and O–H groups in total. The first-order valence-electron chi connectivity index (χ1n) is 6.62. The van der Waals surface area contributed by atoms with Crippen LogP contribution in [-0.4, -0.2) is 24.9 Å². The SMILES string of the molecule is COC[C@@H](C)N=C(N)SCc1cccc2ccccc12. The Kier molecular flexibility index (Phi) is 5.44. The van der Waals surface area contributed by atoms with Crippen molar-refractivity contribution in [2.24, 2.45) is 10.7 Å². The van der Waals surface area contributed by atoms with Crippen LogP contribution in [0.1, 0.15) is 12.5 Å². The standard InChI is InChI=1S/C16H20N2OS/c1-12(10-19-2)18-16(17)20-11-14-8-5-7-13-6-3-4-9-15(13)14/h3-9,12H,10-11H2,1-2H3,(H2,17,18)/t12-/m1/s1. The predicted octanol–water partition coefficient (Wildman–Crippen LogP) is 3.42. The fraction of sp³-hybridized carbons (Fsp3) is 0.312.